The van der Waals surface area contributed by atoms with Crippen LogP contribution in [0.25, 0.3) is 0 Å². The summed E-state index contributed by atoms with van der Waals surface area (Å²) >= 11 is 2.13. The summed E-state index contributed by atoms with van der Waals surface area (Å²) < 4.78 is 10.5. The molecule has 3 rings (SSSR count). The van der Waals surface area contributed by atoms with Crippen LogP contribution in [0.1, 0.15) is 65.2 Å². The number of fused-ring (bicyclic) bond motifs is 1. The van der Waals surface area contributed by atoms with E-state index in [-0.39, 0.29) is 36.0 Å². The van der Waals surface area contributed by atoms with Crippen molar-refractivity contribution in [1.82, 2.24) is 10.6 Å². The van der Waals surface area contributed by atoms with Crippen molar-refractivity contribution in [3.63, 3.8) is 0 Å². The van der Waals surface area contributed by atoms with Crippen molar-refractivity contribution in [3.05, 3.63) is 0 Å². The minimum absolute atomic E-state index is 0.168. The number of hydrogen-bond donors (Lipinski definition) is 2. The number of hydrogen-bond acceptors (Lipinski definition) is 6. The highest BCUT2D eigenvalue weighted by atomic mass is 127. The van der Waals surface area contributed by atoms with E-state index >= 15 is 0 Å². The fraction of sp³-hybridized carbons (Fsp3) is 0.882. The molecule has 1 unspecified atom stereocenters. The summed E-state index contributed by atoms with van der Waals surface area (Å²) in [4.78, 5) is 24.3. The summed E-state index contributed by atoms with van der Waals surface area (Å²) in [6, 6.07) is 0. The van der Waals surface area contributed by atoms with Gasteiger partial charge >= 0.3 is 11.9 Å². The molecule has 0 radical (unpaired) electrons. The standard InChI is InChI=1S/C17H27IN2O4/c1-3-16(9-5-4-6-10-16)24-12(21)8-7-11-23-14(22)15(2,18)17-13(19-17)20-17/h13,19-20H,3-11H2,1-2H3. The highest BCUT2D eigenvalue weighted by Gasteiger charge is 2.80. The minimum atomic E-state index is -0.621. The van der Waals surface area contributed by atoms with E-state index in [9.17, 15) is 9.59 Å². The van der Waals surface area contributed by atoms with Crippen LogP contribution in [0.2, 0.25) is 0 Å². The molecule has 7 heteroatoms. The molecule has 0 aromatic rings. The molecule has 1 saturated carbocycles. The van der Waals surface area contributed by atoms with E-state index in [1.54, 1.807) is 0 Å². The number of ether oxygens (including phenoxy) is 2. The zero-order valence-electron chi connectivity index (χ0n) is 14.5. The van der Waals surface area contributed by atoms with Crippen molar-refractivity contribution in [2.45, 2.75) is 86.1 Å². The minimum Gasteiger partial charge on any atom is -0.465 e. The maximum Gasteiger partial charge on any atom is 0.325 e. The van der Waals surface area contributed by atoms with E-state index in [4.69, 9.17) is 9.47 Å². The Hall–Kier alpha value is -0.410. The van der Waals surface area contributed by atoms with Gasteiger partial charge < -0.3 is 9.47 Å². The number of halogens is 1. The molecule has 0 amide bonds. The van der Waals surface area contributed by atoms with Crippen molar-refractivity contribution in [3.8, 4) is 0 Å². The molecule has 24 heavy (non-hydrogen) atoms. The predicted octanol–water partition coefficient (Wildman–Crippen LogP) is 2.39. The highest BCUT2D eigenvalue weighted by Crippen LogP contribution is 2.51. The van der Waals surface area contributed by atoms with Crippen LogP contribution in [-0.4, -0.2) is 39.4 Å². The van der Waals surface area contributed by atoms with Crippen LogP contribution in [-0.2, 0) is 19.1 Å². The van der Waals surface area contributed by atoms with Gasteiger partial charge in [0.1, 0.15) is 11.3 Å². The first kappa shape index (κ1) is 18.4. The van der Waals surface area contributed by atoms with E-state index < -0.39 is 3.42 Å². The zero-order chi connectivity index (χ0) is 17.4. The average molecular weight is 450 g/mol. The van der Waals surface area contributed by atoms with Gasteiger partial charge in [-0.25, -0.2) is 0 Å². The van der Waals surface area contributed by atoms with Crippen molar-refractivity contribution in [1.29, 1.82) is 0 Å². The fourth-order valence-electron chi connectivity index (χ4n) is 3.61. The second kappa shape index (κ2) is 6.72. The van der Waals surface area contributed by atoms with Gasteiger partial charge in [-0.15, -0.1) is 0 Å². The number of nitrogens with one attached hydrogen (secondary N) is 2. The van der Waals surface area contributed by atoms with Gasteiger partial charge in [0.05, 0.1) is 12.8 Å². The van der Waals surface area contributed by atoms with Gasteiger partial charge in [-0.3, -0.25) is 20.2 Å². The van der Waals surface area contributed by atoms with E-state index in [0.717, 1.165) is 32.1 Å². The Morgan fingerprint density at radius 1 is 1.25 bits per heavy atom. The Labute approximate surface area is 156 Å². The van der Waals surface area contributed by atoms with Gasteiger partial charge in [0.15, 0.2) is 3.42 Å². The zero-order valence-corrected chi connectivity index (χ0v) is 16.6. The quantitative estimate of drug-likeness (QED) is 0.194. The summed E-state index contributed by atoms with van der Waals surface area (Å²) in [6.07, 6.45) is 7.39. The lowest BCUT2D eigenvalue weighted by atomic mass is 9.83. The van der Waals surface area contributed by atoms with Gasteiger partial charge in [0.2, 0.25) is 0 Å². The molecule has 2 N–H and O–H groups in total. The number of carbonyl (C=O) groups is 2. The lowest BCUT2D eigenvalue weighted by Crippen LogP contribution is -2.47. The molecule has 3 fully saturated rings. The van der Waals surface area contributed by atoms with Crippen LogP contribution in [0.4, 0.5) is 0 Å². The molecule has 1 aliphatic carbocycles. The second-order valence-corrected chi connectivity index (χ2v) is 9.50. The molecule has 2 aliphatic heterocycles. The first-order valence-corrected chi connectivity index (χ1v) is 10.1. The third-order valence-corrected chi connectivity index (χ3v) is 6.92. The Kier molecular flexibility index (Phi) is 5.15. The largest absolute Gasteiger partial charge is 0.465 e. The average Bonchev–Trinajstić information content (AvgIpc) is 3.42. The Balaban J connectivity index is 1.35. The van der Waals surface area contributed by atoms with Crippen molar-refractivity contribution < 1.29 is 19.1 Å². The van der Waals surface area contributed by atoms with Crippen LogP contribution in [0, 0.1) is 0 Å². The summed E-state index contributed by atoms with van der Waals surface area (Å²) in [5.74, 6) is -0.410. The number of carbonyl (C=O) groups excluding carboxylic acids is 2. The van der Waals surface area contributed by atoms with Crippen LogP contribution in [0.5, 0.6) is 0 Å². The fourth-order valence-corrected chi connectivity index (χ4v) is 4.39. The summed E-state index contributed by atoms with van der Waals surface area (Å²) in [5.41, 5.74) is -0.520. The molecule has 3 aliphatic rings. The van der Waals surface area contributed by atoms with E-state index in [2.05, 4.69) is 40.1 Å². The molecule has 2 saturated heterocycles. The summed E-state index contributed by atoms with van der Waals surface area (Å²) in [6.45, 7) is 4.21. The van der Waals surface area contributed by atoms with Crippen LogP contribution in [0.15, 0.2) is 0 Å². The lowest BCUT2D eigenvalue weighted by Gasteiger charge is -2.36. The van der Waals surface area contributed by atoms with Crippen LogP contribution < -0.4 is 10.6 Å². The molecule has 0 bridgehead atoms. The van der Waals surface area contributed by atoms with Gasteiger partial charge in [-0.05, 0) is 45.4 Å². The number of rotatable bonds is 8. The Morgan fingerprint density at radius 2 is 1.88 bits per heavy atom. The molecule has 0 spiro atoms. The van der Waals surface area contributed by atoms with E-state index in [1.165, 1.54) is 6.42 Å². The first-order chi connectivity index (χ1) is 11.4. The highest BCUT2D eigenvalue weighted by molar-refractivity contribution is 14.1. The van der Waals surface area contributed by atoms with Gasteiger partial charge in [0.25, 0.3) is 0 Å². The van der Waals surface area contributed by atoms with Crippen LogP contribution >= 0.6 is 22.6 Å². The van der Waals surface area contributed by atoms with E-state index in [0.29, 0.717) is 12.8 Å². The first-order valence-electron chi connectivity index (χ1n) is 8.99. The SMILES string of the molecule is CCC1(OC(=O)CCCOC(=O)C(C)(I)C23NC2N3)CCCCC1. The lowest BCUT2D eigenvalue weighted by molar-refractivity contribution is -0.165. The molecule has 136 valence electrons. The number of esters is 2. The molecule has 0 aromatic carbocycles. The number of alkyl halides is 1. The van der Waals surface area contributed by atoms with Crippen LogP contribution in [0.3, 0.4) is 0 Å². The van der Waals surface area contributed by atoms with Gasteiger partial charge in [-0.1, -0.05) is 35.9 Å². The summed E-state index contributed by atoms with van der Waals surface area (Å²) in [7, 11) is 0. The Morgan fingerprint density at radius 3 is 2.42 bits per heavy atom. The monoisotopic (exact) mass is 450 g/mol. The van der Waals surface area contributed by atoms with Crippen molar-refractivity contribution >= 4 is 34.5 Å². The molecule has 6 nitrogen and oxygen atoms in total. The van der Waals surface area contributed by atoms with Crippen molar-refractivity contribution in [2.75, 3.05) is 6.61 Å². The molecular formula is C17H27IN2O4. The van der Waals surface area contributed by atoms with Gasteiger partial charge in [-0.2, -0.15) is 0 Å². The van der Waals surface area contributed by atoms with Crippen molar-refractivity contribution in [2.24, 2.45) is 0 Å². The molecule has 2 heterocycles. The molecule has 0 aromatic heterocycles. The van der Waals surface area contributed by atoms with Gasteiger partial charge in [0, 0.05) is 6.42 Å². The smallest absolute Gasteiger partial charge is 0.325 e. The van der Waals surface area contributed by atoms with E-state index in [1.807, 2.05) is 6.92 Å². The Bertz CT molecular complexity index is 511. The molecular weight excluding hydrogens is 423 g/mol. The third-order valence-electron chi connectivity index (χ3n) is 5.63. The molecule has 1 atom stereocenters. The maximum absolute atomic E-state index is 12.2. The summed E-state index contributed by atoms with van der Waals surface area (Å²) in [5, 5.41) is 6.40. The topological polar surface area (TPSA) is 96.5 Å². The maximum atomic E-state index is 12.2. The predicted molar refractivity (Wildman–Crippen MR) is 97.6 cm³/mol. The normalized spacial score (nSPS) is 32.2. The third kappa shape index (κ3) is 3.44. The second-order valence-electron chi connectivity index (χ2n) is 7.34.